The summed E-state index contributed by atoms with van der Waals surface area (Å²) in [5, 5.41) is 0. The van der Waals surface area contributed by atoms with E-state index >= 15 is 0 Å². The van der Waals surface area contributed by atoms with E-state index < -0.39 is 0 Å². The van der Waals surface area contributed by atoms with E-state index in [1.165, 1.54) is 64.2 Å². The van der Waals surface area contributed by atoms with Crippen molar-refractivity contribution < 1.29 is 0 Å². The maximum absolute atomic E-state index is 4.53. The molecule has 0 aromatic carbocycles. The predicted octanol–water partition coefficient (Wildman–Crippen LogP) is 4.89. The lowest BCUT2D eigenvalue weighted by Gasteiger charge is -2.10. The van der Waals surface area contributed by atoms with Crippen molar-refractivity contribution in [3.8, 4) is 0 Å². The second kappa shape index (κ2) is 12.9. The van der Waals surface area contributed by atoms with Crippen molar-refractivity contribution in [2.24, 2.45) is 4.99 Å². The van der Waals surface area contributed by atoms with Crippen molar-refractivity contribution in [3.05, 3.63) is 0 Å². The molecule has 0 saturated carbocycles. The van der Waals surface area contributed by atoms with E-state index in [0.717, 1.165) is 12.4 Å². The molecule has 2 heteroatoms. The van der Waals surface area contributed by atoms with Gasteiger partial charge < -0.3 is 4.90 Å². The van der Waals surface area contributed by atoms with Crippen LogP contribution in [0.4, 0.5) is 0 Å². The van der Waals surface area contributed by atoms with Crippen molar-refractivity contribution in [3.63, 3.8) is 0 Å². The predicted molar refractivity (Wildman–Crippen MR) is 83.5 cm³/mol. The third-order valence-corrected chi connectivity index (χ3v) is 3.50. The Morgan fingerprint density at radius 2 is 1.22 bits per heavy atom. The molecule has 18 heavy (non-hydrogen) atoms. The molecule has 0 N–H and O–H groups in total. The quantitative estimate of drug-likeness (QED) is 0.291. The van der Waals surface area contributed by atoms with Crippen LogP contribution in [0.15, 0.2) is 4.99 Å². The van der Waals surface area contributed by atoms with Gasteiger partial charge in [0.25, 0.3) is 0 Å². The third kappa shape index (κ3) is 11.9. The number of hydrogen-bond donors (Lipinski definition) is 0. The topological polar surface area (TPSA) is 15.6 Å². The first-order valence-corrected chi connectivity index (χ1v) is 7.86. The molecule has 0 spiro atoms. The maximum atomic E-state index is 4.53. The Labute approximate surface area is 115 Å². The Morgan fingerprint density at radius 1 is 0.778 bits per heavy atom. The molecule has 0 atom stereocenters. The molecule has 0 aromatic heterocycles. The minimum atomic E-state index is 1.00. The molecule has 0 radical (unpaired) electrons. The Bertz CT molecular complexity index is 197. The summed E-state index contributed by atoms with van der Waals surface area (Å²) in [6.45, 7) is 5.36. The zero-order valence-corrected chi connectivity index (χ0v) is 13.2. The van der Waals surface area contributed by atoms with Gasteiger partial charge in [0.15, 0.2) is 0 Å². The van der Waals surface area contributed by atoms with Gasteiger partial charge in [0, 0.05) is 20.6 Å². The summed E-state index contributed by atoms with van der Waals surface area (Å²) in [4.78, 5) is 6.61. The maximum Gasteiger partial charge on any atom is 0.0952 e. The molecule has 0 aliphatic carbocycles. The molecule has 0 aromatic rings. The summed E-state index contributed by atoms with van der Waals surface area (Å²) < 4.78 is 0. The highest BCUT2D eigenvalue weighted by Gasteiger charge is 1.94. The summed E-state index contributed by atoms with van der Waals surface area (Å²) in [6, 6.07) is 0. The largest absolute Gasteiger partial charge is 0.367 e. The summed E-state index contributed by atoms with van der Waals surface area (Å²) >= 11 is 0. The second-order valence-electron chi connectivity index (χ2n) is 5.51. The van der Waals surface area contributed by atoms with Gasteiger partial charge in [-0.1, -0.05) is 64.7 Å². The van der Waals surface area contributed by atoms with Crippen LogP contribution in [0, 0.1) is 0 Å². The van der Waals surface area contributed by atoms with Crippen LogP contribution in [0.25, 0.3) is 0 Å². The van der Waals surface area contributed by atoms with Gasteiger partial charge in [0.05, 0.1) is 5.84 Å². The van der Waals surface area contributed by atoms with E-state index in [-0.39, 0.29) is 0 Å². The van der Waals surface area contributed by atoms with Crippen LogP contribution in [0.1, 0.15) is 78.1 Å². The highest BCUT2D eigenvalue weighted by atomic mass is 15.1. The number of rotatable bonds is 11. The number of hydrogen-bond acceptors (Lipinski definition) is 1. The van der Waals surface area contributed by atoms with Crippen LogP contribution in [0.3, 0.4) is 0 Å². The Kier molecular flexibility index (Phi) is 12.5. The van der Waals surface area contributed by atoms with Gasteiger partial charge in [-0.05, 0) is 13.3 Å². The number of amidine groups is 1. The average Bonchev–Trinajstić information content (AvgIpc) is 2.35. The molecular weight excluding hydrogens is 220 g/mol. The van der Waals surface area contributed by atoms with E-state index in [0.29, 0.717) is 0 Å². The van der Waals surface area contributed by atoms with Crippen molar-refractivity contribution >= 4 is 5.84 Å². The van der Waals surface area contributed by atoms with Gasteiger partial charge in [-0.3, -0.25) is 4.99 Å². The SMILES string of the molecule is CCCCCCCCCCCC/N=C(\C)N(C)C. The summed E-state index contributed by atoms with van der Waals surface area (Å²) in [7, 11) is 4.11. The fourth-order valence-corrected chi connectivity index (χ4v) is 1.98. The molecule has 2 nitrogen and oxygen atoms in total. The molecular formula is C16H34N2. The second-order valence-corrected chi connectivity index (χ2v) is 5.51. The number of nitrogens with zero attached hydrogens (tertiary/aromatic N) is 2. The molecule has 0 rings (SSSR count). The molecule has 108 valence electrons. The van der Waals surface area contributed by atoms with E-state index in [9.17, 15) is 0 Å². The van der Waals surface area contributed by atoms with Crippen LogP contribution in [0.5, 0.6) is 0 Å². The normalized spacial score (nSPS) is 11.9. The monoisotopic (exact) mass is 254 g/mol. The summed E-state index contributed by atoms with van der Waals surface area (Å²) in [6.07, 6.45) is 13.9. The fraction of sp³-hybridized carbons (Fsp3) is 0.938. The first kappa shape index (κ1) is 17.5. The van der Waals surface area contributed by atoms with E-state index in [2.05, 4.69) is 37.8 Å². The summed E-state index contributed by atoms with van der Waals surface area (Å²) in [5.74, 6) is 1.14. The van der Waals surface area contributed by atoms with Crippen LogP contribution in [-0.2, 0) is 0 Å². The minimum absolute atomic E-state index is 1.00. The summed E-state index contributed by atoms with van der Waals surface area (Å²) in [5.41, 5.74) is 0. The average molecular weight is 254 g/mol. The smallest absolute Gasteiger partial charge is 0.0952 e. The lowest BCUT2D eigenvalue weighted by Crippen LogP contribution is -2.18. The third-order valence-electron chi connectivity index (χ3n) is 3.50. The minimum Gasteiger partial charge on any atom is -0.367 e. The molecule has 0 saturated heterocycles. The van der Waals surface area contributed by atoms with Crippen LogP contribution in [-0.4, -0.2) is 31.4 Å². The first-order chi connectivity index (χ1) is 8.68. The lowest BCUT2D eigenvalue weighted by atomic mass is 10.1. The molecule has 0 heterocycles. The molecule has 0 bridgehead atoms. The van der Waals surface area contributed by atoms with E-state index in [4.69, 9.17) is 0 Å². The lowest BCUT2D eigenvalue weighted by molar-refractivity contribution is 0.556. The highest BCUT2D eigenvalue weighted by molar-refractivity contribution is 5.79. The molecule has 0 fully saturated rings. The van der Waals surface area contributed by atoms with Crippen molar-refractivity contribution in [2.75, 3.05) is 20.6 Å². The molecule has 0 amide bonds. The van der Waals surface area contributed by atoms with Crippen molar-refractivity contribution in [1.29, 1.82) is 0 Å². The van der Waals surface area contributed by atoms with Gasteiger partial charge in [-0.25, -0.2) is 0 Å². The van der Waals surface area contributed by atoms with E-state index in [1.807, 2.05) is 0 Å². The first-order valence-electron chi connectivity index (χ1n) is 7.86. The van der Waals surface area contributed by atoms with Crippen LogP contribution in [0.2, 0.25) is 0 Å². The standard InChI is InChI=1S/C16H34N2/c1-5-6-7-8-9-10-11-12-13-14-15-17-16(2)18(3)4/h5-15H2,1-4H3/b17-16+. The van der Waals surface area contributed by atoms with Gasteiger partial charge in [-0.2, -0.15) is 0 Å². The zero-order valence-electron chi connectivity index (χ0n) is 13.2. The molecule has 0 aliphatic rings. The van der Waals surface area contributed by atoms with Gasteiger partial charge in [-0.15, -0.1) is 0 Å². The molecule has 0 aliphatic heterocycles. The fourth-order valence-electron chi connectivity index (χ4n) is 1.98. The Hall–Kier alpha value is -0.530. The van der Waals surface area contributed by atoms with Crippen LogP contribution < -0.4 is 0 Å². The van der Waals surface area contributed by atoms with E-state index in [1.54, 1.807) is 0 Å². The van der Waals surface area contributed by atoms with Crippen molar-refractivity contribution in [2.45, 2.75) is 78.1 Å². The molecule has 0 unspecified atom stereocenters. The zero-order chi connectivity index (χ0) is 13.6. The highest BCUT2D eigenvalue weighted by Crippen LogP contribution is 2.10. The number of aliphatic imine (C=N–C) groups is 1. The number of unbranched alkanes of at least 4 members (excludes halogenated alkanes) is 9. The van der Waals surface area contributed by atoms with Gasteiger partial charge in [0.1, 0.15) is 0 Å². The van der Waals surface area contributed by atoms with Gasteiger partial charge >= 0.3 is 0 Å². The van der Waals surface area contributed by atoms with Crippen molar-refractivity contribution in [1.82, 2.24) is 4.90 Å². The van der Waals surface area contributed by atoms with Crippen LogP contribution >= 0.6 is 0 Å². The van der Waals surface area contributed by atoms with Gasteiger partial charge in [0.2, 0.25) is 0 Å². The Balaban J connectivity index is 3.14. The Morgan fingerprint density at radius 3 is 1.67 bits per heavy atom.